The maximum Gasteiger partial charge on any atom is 0.244 e. The minimum absolute atomic E-state index is 0.153. The van der Waals surface area contributed by atoms with Crippen LogP contribution in [0.25, 0.3) is 0 Å². The Morgan fingerprint density at radius 2 is 1.84 bits per heavy atom. The summed E-state index contributed by atoms with van der Waals surface area (Å²) in [5.74, 6) is -1.25. The van der Waals surface area contributed by atoms with Gasteiger partial charge in [-0.2, -0.15) is 4.31 Å². The molecule has 2 heterocycles. The van der Waals surface area contributed by atoms with Crippen LogP contribution in [0.15, 0.2) is 47.4 Å². The van der Waals surface area contributed by atoms with E-state index in [-0.39, 0.29) is 17.3 Å². The number of hydrogen-bond acceptors (Lipinski definition) is 4. The monoisotopic (exact) mass is 445 g/mol. The number of hydrogen-bond donors (Lipinski definition) is 1. The fourth-order valence-electron chi connectivity index (χ4n) is 4.12. The molecule has 9 heteroatoms. The van der Waals surface area contributed by atoms with Crippen LogP contribution < -0.4 is 10.2 Å². The molecular formula is C22H24FN3O4S. The molecule has 0 unspecified atom stereocenters. The summed E-state index contributed by atoms with van der Waals surface area (Å²) in [7, 11) is -3.62. The van der Waals surface area contributed by atoms with Crippen molar-refractivity contribution in [2.45, 2.75) is 37.0 Å². The van der Waals surface area contributed by atoms with Crippen LogP contribution in [0, 0.1) is 5.82 Å². The molecule has 0 bridgehead atoms. The Kier molecular flexibility index (Phi) is 5.35. The smallest absolute Gasteiger partial charge is 0.244 e. The predicted molar refractivity (Wildman–Crippen MR) is 115 cm³/mol. The number of carbonyl (C=O) groups excluding carboxylic acids is 2. The molecule has 7 nitrogen and oxygen atoms in total. The summed E-state index contributed by atoms with van der Waals surface area (Å²) in [5, 5.41) is 2.59. The highest BCUT2D eigenvalue weighted by atomic mass is 32.2. The van der Waals surface area contributed by atoms with Crippen molar-refractivity contribution >= 4 is 33.2 Å². The van der Waals surface area contributed by atoms with E-state index in [1.54, 1.807) is 32.0 Å². The van der Waals surface area contributed by atoms with Gasteiger partial charge >= 0.3 is 0 Å². The van der Waals surface area contributed by atoms with Crippen LogP contribution >= 0.6 is 0 Å². The van der Waals surface area contributed by atoms with Gasteiger partial charge in [0, 0.05) is 24.5 Å². The largest absolute Gasteiger partial charge is 0.324 e. The Bertz CT molecular complexity index is 1160. The van der Waals surface area contributed by atoms with Gasteiger partial charge in [-0.05, 0) is 68.7 Å². The van der Waals surface area contributed by atoms with E-state index in [9.17, 15) is 22.4 Å². The van der Waals surface area contributed by atoms with Crippen molar-refractivity contribution in [2.75, 3.05) is 29.9 Å². The van der Waals surface area contributed by atoms with Crippen molar-refractivity contribution < 1.29 is 22.4 Å². The zero-order chi connectivity index (χ0) is 22.4. The molecule has 1 saturated heterocycles. The molecule has 4 rings (SSSR count). The van der Waals surface area contributed by atoms with E-state index in [2.05, 4.69) is 5.32 Å². The first-order valence-corrected chi connectivity index (χ1v) is 11.6. The molecular weight excluding hydrogens is 421 g/mol. The fourth-order valence-corrected chi connectivity index (χ4v) is 5.66. The molecule has 2 aliphatic rings. The maximum atomic E-state index is 13.4. The van der Waals surface area contributed by atoms with Crippen molar-refractivity contribution in [3.63, 3.8) is 0 Å². The lowest BCUT2D eigenvalue weighted by Crippen LogP contribution is -2.40. The second kappa shape index (κ2) is 7.72. The van der Waals surface area contributed by atoms with Crippen LogP contribution in [0.5, 0.6) is 0 Å². The van der Waals surface area contributed by atoms with Crippen LogP contribution in [-0.2, 0) is 25.0 Å². The number of carbonyl (C=O) groups is 2. The second-order valence-corrected chi connectivity index (χ2v) is 10.3. The lowest BCUT2D eigenvalue weighted by atomic mass is 9.86. The van der Waals surface area contributed by atoms with Crippen LogP contribution in [-0.4, -0.2) is 44.2 Å². The van der Waals surface area contributed by atoms with E-state index in [1.807, 2.05) is 0 Å². The number of rotatable bonds is 5. The van der Waals surface area contributed by atoms with Gasteiger partial charge < -0.3 is 10.2 Å². The Morgan fingerprint density at radius 1 is 1.13 bits per heavy atom. The number of anilines is 2. The highest BCUT2D eigenvalue weighted by molar-refractivity contribution is 7.89. The zero-order valence-electron chi connectivity index (χ0n) is 17.4. The number of nitrogens with one attached hydrogen (secondary N) is 1. The Labute approximate surface area is 180 Å². The number of fused-ring (bicyclic) bond motifs is 1. The van der Waals surface area contributed by atoms with Crippen molar-refractivity contribution in [1.29, 1.82) is 0 Å². The normalized spacial score (nSPS) is 18.3. The van der Waals surface area contributed by atoms with Gasteiger partial charge in [-0.3, -0.25) is 9.59 Å². The van der Waals surface area contributed by atoms with E-state index < -0.39 is 27.2 Å². The fraction of sp³-hybridized carbons (Fsp3) is 0.364. The van der Waals surface area contributed by atoms with Crippen molar-refractivity contribution in [2.24, 2.45) is 0 Å². The molecule has 0 aromatic heterocycles. The summed E-state index contributed by atoms with van der Waals surface area (Å²) in [6.07, 6.45) is 1.67. The molecule has 0 spiro atoms. The summed E-state index contributed by atoms with van der Waals surface area (Å²) in [5.41, 5.74) is 0.384. The van der Waals surface area contributed by atoms with Crippen molar-refractivity contribution in [3.8, 4) is 0 Å². The molecule has 164 valence electrons. The summed E-state index contributed by atoms with van der Waals surface area (Å²) in [6, 6.07) is 10.1. The SMILES string of the molecule is CC1(C)C(=O)N(CC(=O)Nc2cccc(F)c2)c2ccc(S(=O)(=O)N3CCCC3)cc21. The predicted octanol–water partition coefficient (Wildman–Crippen LogP) is 2.87. The van der Waals surface area contributed by atoms with Crippen LogP contribution in [0.1, 0.15) is 32.3 Å². The number of halogens is 1. The first-order chi connectivity index (χ1) is 14.6. The van der Waals surface area contributed by atoms with E-state index in [0.29, 0.717) is 30.0 Å². The summed E-state index contributed by atoms with van der Waals surface area (Å²) in [4.78, 5) is 27.1. The van der Waals surface area contributed by atoms with Crippen molar-refractivity contribution in [1.82, 2.24) is 4.31 Å². The standard InChI is InChI=1S/C22H24FN3O4S/c1-22(2)18-13-17(31(29,30)25-10-3-4-11-25)8-9-19(18)26(21(22)28)14-20(27)24-16-7-5-6-15(23)12-16/h5-9,12-13H,3-4,10-11,14H2,1-2H3,(H,24,27). The van der Waals surface area contributed by atoms with Gasteiger partial charge in [-0.1, -0.05) is 6.07 Å². The van der Waals surface area contributed by atoms with Gasteiger partial charge in [0.15, 0.2) is 0 Å². The number of benzene rings is 2. The van der Waals surface area contributed by atoms with E-state index in [0.717, 1.165) is 12.8 Å². The minimum atomic E-state index is -3.62. The van der Waals surface area contributed by atoms with Crippen LogP contribution in [0.2, 0.25) is 0 Å². The topological polar surface area (TPSA) is 86.8 Å². The number of nitrogens with zero attached hydrogens (tertiary/aromatic N) is 2. The van der Waals surface area contributed by atoms with E-state index in [4.69, 9.17) is 0 Å². The van der Waals surface area contributed by atoms with Gasteiger partial charge in [0.05, 0.1) is 10.3 Å². The third kappa shape index (κ3) is 3.83. The quantitative estimate of drug-likeness (QED) is 0.767. The molecule has 2 aromatic carbocycles. The molecule has 31 heavy (non-hydrogen) atoms. The number of sulfonamides is 1. The Morgan fingerprint density at radius 3 is 2.52 bits per heavy atom. The Hall–Kier alpha value is -2.78. The van der Waals surface area contributed by atoms with Crippen molar-refractivity contribution in [3.05, 3.63) is 53.8 Å². The zero-order valence-corrected chi connectivity index (χ0v) is 18.2. The molecule has 0 atom stereocenters. The van der Waals surface area contributed by atoms with Gasteiger partial charge in [-0.15, -0.1) is 0 Å². The van der Waals surface area contributed by atoms with Gasteiger partial charge in [-0.25, -0.2) is 12.8 Å². The molecule has 1 fully saturated rings. The summed E-state index contributed by atoms with van der Waals surface area (Å²) >= 11 is 0. The third-order valence-corrected chi connectivity index (χ3v) is 7.72. The van der Waals surface area contributed by atoms with Gasteiger partial charge in [0.2, 0.25) is 21.8 Å². The second-order valence-electron chi connectivity index (χ2n) is 8.36. The summed E-state index contributed by atoms with van der Waals surface area (Å²) < 4.78 is 40.7. The number of amides is 2. The van der Waals surface area contributed by atoms with Crippen LogP contribution in [0.3, 0.4) is 0 Å². The summed E-state index contributed by atoms with van der Waals surface area (Å²) in [6.45, 7) is 4.15. The molecule has 0 aliphatic carbocycles. The molecule has 0 radical (unpaired) electrons. The first-order valence-electron chi connectivity index (χ1n) is 10.1. The first kappa shape index (κ1) is 21.5. The van der Waals surface area contributed by atoms with Gasteiger partial charge in [0.25, 0.3) is 0 Å². The van der Waals surface area contributed by atoms with Gasteiger partial charge in [0.1, 0.15) is 12.4 Å². The highest BCUT2D eigenvalue weighted by Crippen LogP contribution is 2.42. The van der Waals surface area contributed by atoms with Crippen LogP contribution in [0.4, 0.5) is 15.8 Å². The lowest BCUT2D eigenvalue weighted by molar-refractivity contribution is -0.124. The van der Waals surface area contributed by atoms with E-state index >= 15 is 0 Å². The highest BCUT2D eigenvalue weighted by Gasteiger charge is 2.45. The minimum Gasteiger partial charge on any atom is -0.324 e. The van der Waals surface area contributed by atoms with E-state index in [1.165, 1.54) is 33.5 Å². The third-order valence-electron chi connectivity index (χ3n) is 5.82. The molecule has 2 aliphatic heterocycles. The molecule has 1 N–H and O–H groups in total. The molecule has 2 amide bonds. The average Bonchev–Trinajstić information content (AvgIpc) is 3.32. The molecule has 0 saturated carbocycles. The Balaban J connectivity index is 1.61. The average molecular weight is 446 g/mol. The lowest BCUT2D eigenvalue weighted by Gasteiger charge is -2.20. The maximum absolute atomic E-state index is 13.4. The molecule has 2 aromatic rings.